The van der Waals surface area contributed by atoms with Crippen LogP contribution in [-0.2, 0) is 31.4 Å². The fraction of sp³-hybridized carbons (Fsp3) is 0.346. The highest BCUT2D eigenvalue weighted by atomic mass is 32.2. The summed E-state index contributed by atoms with van der Waals surface area (Å²) < 4.78 is 34.9. The molecule has 0 unspecified atom stereocenters. The van der Waals surface area contributed by atoms with Crippen molar-refractivity contribution in [3.8, 4) is 5.75 Å². The normalized spacial score (nSPS) is 15.5. The Morgan fingerprint density at radius 2 is 1.97 bits per heavy atom. The lowest BCUT2D eigenvalue weighted by Crippen LogP contribution is -2.39. The highest BCUT2D eigenvalue weighted by Gasteiger charge is 2.54. The van der Waals surface area contributed by atoms with E-state index in [1.54, 1.807) is 30.5 Å². The van der Waals surface area contributed by atoms with E-state index in [1.807, 2.05) is 32.0 Å². The number of aromatic nitrogens is 1. The minimum atomic E-state index is -4.13. The summed E-state index contributed by atoms with van der Waals surface area (Å²) >= 11 is 0. The Bertz CT molecular complexity index is 1330. The molecule has 0 spiro atoms. The van der Waals surface area contributed by atoms with Gasteiger partial charge in [0.25, 0.3) is 10.0 Å². The number of rotatable bonds is 10. The maximum Gasteiger partial charge on any atom is 0.264 e. The van der Waals surface area contributed by atoms with E-state index in [1.165, 1.54) is 6.07 Å². The van der Waals surface area contributed by atoms with E-state index in [4.69, 9.17) is 4.74 Å². The molecular formula is C26H28N2O5S. The number of amides is 1. The lowest BCUT2D eigenvalue weighted by Gasteiger charge is -2.23. The highest BCUT2D eigenvalue weighted by molar-refractivity contribution is 7.90. The maximum absolute atomic E-state index is 13.5. The van der Waals surface area contributed by atoms with E-state index in [2.05, 4.69) is 9.71 Å². The molecule has 0 aliphatic heterocycles. The Labute approximate surface area is 199 Å². The Hall–Kier alpha value is -3.26. The molecule has 0 radical (unpaired) electrons. The van der Waals surface area contributed by atoms with Gasteiger partial charge in [0.2, 0.25) is 5.91 Å². The molecule has 7 nitrogen and oxygen atoms in total. The van der Waals surface area contributed by atoms with Crippen LogP contribution in [-0.4, -0.2) is 31.7 Å². The SMILES string of the molecule is CCc1ccc(O[C@@H](CC)CC=O)c(C2(C(=O)NS(=O)(=O)c3cccc4ncccc34)CC2)c1. The molecule has 1 N–H and O–H groups in total. The largest absolute Gasteiger partial charge is 0.490 e. The van der Waals surface area contributed by atoms with Gasteiger partial charge in [-0.1, -0.05) is 32.0 Å². The molecule has 34 heavy (non-hydrogen) atoms. The van der Waals surface area contributed by atoms with E-state index in [0.717, 1.165) is 18.3 Å². The minimum absolute atomic E-state index is 0.0121. The van der Waals surface area contributed by atoms with Crippen molar-refractivity contribution in [1.82, 2.24) is 9.71 Å². The van der Waals surface area contributed by atoms with Gasteiger partial charge in [0.05, 0.1) is 15.8 Å². The van der Waals surface area contributed by atoms with Crippen LogP contribution < -0.4 is 9.46 Å². The van der Waals surface area contributed by atoms with E-state index < -0.39 is 21.3 Å². The quantitative estimate of drug-likeness (QED) is 0.439. The van der Waals surface area contributed by atoms with Gasteiger partial charge in [-0.05, 0) is 61.6 Å². The predicted octanol–water partition coefficient (Wildman–Crippen LogP) is 4.08. The third-order valence-corrected chi connectivity index (χ3v) is 7.77. The molecule has 1 aromatic heterocycles. The van der Waals surface area contributed by atoms with Crippen molar-refractivity contribution >= 4 is 33.1 Å². The molecule has 1 saturated carbocycles. The second-order valence-electron chi connectivity index (χ2n) is 8.58. The first-order valence-corrected chi connectivity index (χ1v) is 13.0. The number of benzene rings is 2. The van der Waals surface area contributed by atoms with Crippen molar-refractivity contribution in [2.45, 2.75) is 62.4 Å². The number of ether oxygens (including phenoxy) is 1. The summed E-state index contributed by atoms with van der Waals surface area (Å²) in [6.45, 7) is 3.94. The van der Waals surface area contributed by atoms with Gasteiger partial charge in [-0.2, -0.15) is 0 Å². The van der Waals surface area contributed by atoms with Crippen molar-refractivity contribution < 1.29 is 22.7 Å². The van der Waals surface area contributed by atoms with E-state index in [0.29, 0.717) is 41.5 Å². The van der Waals surface area contributed by atoms with Crippen molar-refractivity contribution in [2.24, 2.45) is 0 Å². The number of nitrogens with zero attached hydrogens (tertiary/aromatic N) is 1. The molecule has 1 amide bonds. The Morgan fingerprint density at radius 3 is 2.65 bits per heavy atom. The van der Waals surface area contributed by atoms with E-state index in [9.17, 15) is 18.0 Å². The summed E-state index contributed by atoms with van der Waals surface area (Å²) in [6.07, 6.45) is 4.77. The second kappa shape index (κ2) is 9.54. The zero-order chi connectivity index (χ0) is 24.3. The summed E-state index contributed by atoms with van der Waals surface area (Å²) in [5.41, 5.74) is 1.23. The van der Waals surface area contributed by atoms with Gasteiger partial charge in [-0.15, -0.1) is 0 Å². The van der Waals surface area contributed by atoms with Gasteiger partial charge in [0.15, 0.2) is 0 Å². The van der Waals surface area contributed by atoms with Crippen molar-refractivity contribution in [2.75, 3.05) is 0 Å². The summed E-state index contributed by atoms with van der Waals surface area (Å²) in [7, 11) is -4.13. The van der Waals surface area contributed by atoms with Gasteiger partial charge < -0.3 is 9.53 Å². The number of carbonyl (C=O) groups is 2. The molecule has 8 heteroatoms. The van der Waals surface area contributed by atoms with Gasteiger partial charge in [0.1, 0.15) is 18.1 Å². The summed E-state index contributed by atoms with van der Waals surface area (Å²) in [4.78, 5) is 28.7. The first kappa shape index (κ1) is 23.9. The molecule has 0 bridgehead atoms. The zero-order valence-electron chi connectivity index (χ0n) is 19.3. The van der Waals surface area contributed by atoms with Crippen molar-refractivity contribution in [3.63, 3.8) is 0 Å². The van der Waals surface area contributed by atoms with Crippen LogP contribution in [0.2, 0.25) is 0 Å². The number of carbonyl (C=O) groups excluding carboxylic acids is 2. The smallest absolute Gasteiger partial charge is 0.264 e. The molecule has 0 saturated heterocycles. The van der Waals surface area contributed by atoms with E-state index >= 15 is 0 Å². The lowest BCUT2D eigenvalue weighted by atomic mass is 9.92. The van der Waals surface area contributed by atoms with Crippen LogP contribution in [0, 0.1) is 0 Å². The molecule has 1 aliphatic carbocycles. The molecule has 1 atom stereocenters. The van der Waals surface area contributed by atoms with E-state index in [-0.39, 0.29) is 17.4 Å². The van der Waals surface area contributed by atoms with Crippen LogP contribution in [0.1, 0.15) is 50.7 Å². The molecule has 178 valence electrons. The first-order valence-electron chi connectivity index (χ1n) is 11.5. The third kappa shape index (κ3) is 4.55. The van der Waals surface area contributed by atoms with Crippen LogP contribution in [0.5, 0.6) is 5.75 Å². The number of aryl methyl sites for hydroxylation is 1. The standard InChI is InChI=1S/C26H28N2O5S/c1-3-18-10-11-23(33-19(4-2)12-16-29)21(17-18)26(13-14-26)25(30)28-34(31,32)24-9-5-8-22-20(24)7-6-15-27-22/h5-11,15-17,19H,3-4,12-14H2,1-2H3,(H,28,30)/t19-/m0/s1. The van der Waals surface area contributed by atoms with Gasteiger partial charge in [0, 0.05) is 23.6 Å². The van der Waals surface area contributed by atoms with Crippen molar-refractivity contribution in [1.29, 1.82) is 0 Å². The fourth-order valence-corrected chi connectivity index (χ4v) is 5.46. The fourth-order valence-electron chi connectivity index (χ4n) is 4.19. The Balaban J connectivity index is 1.68. The average molecular weight is 481 g/mol. The topological polar surface area (TPSA) is 102 Å². The van der Waals surface area contributed by atoms with Crippen molar-refractivity contribution in [3.05, 3.63) is 65.9 Å². The van der Waals surface area contributed by atoms with Gasteiger partial charge in [-0.3, -0.25) is 9.78 Å². The number of sulfonamides is 1. The Morgan fingerprint density at radius 1 is 1.18 bits per heavy atom. The number of hydrogen-bond acceptors (Lipinski definition) is 6. The maximum atomic E-state index is 13.5. The molecule has 1 aliphatic rings. The average Bonchev–Trinajstić information content (AvgIpc) is 3.65. The van der Waals surface area contributed by atoms with Gasteiger partial charge in [-0.25, -0.2) is 13.1 Å². The molecular weight excluding hydrogens is 452 g/mol. The zero-order valence-corrected chi connectivity index (χ0v) is 20.1. The molecule has 3 aromatic rings. The monoisotopic (exact) mass is 480 g/mol. The molecule has 1 fully saturated rings. The van der Waals surface area contributed by atoms with Crippen LogP contribution in [0.4, 0.5) is 0 Å². The second-order valence-corrected chi connectivity index (χ2v) is 10.2. The number of pyridine rings is 1. The summed E-state index contributed by atoms with van der Waals surface area (Å²) in [5, 5.41) is 0.451. The lowest BCUT2D eigenvalue weighted by molar-refractivity contribution is -0.121. The Kier molecular flexibility index (Phi) is 6.70. The van der Waals surface area contributed by atoms with Crippen LogP contribution in [0.25, 0.3) is 10.9 Å². The highest BCUT2D eigenvalue weighted by Crippen LogP contribution is 2.52. The number of nitrogens with one attached hydrogen (secondary N) is 1. The number of fused-ring (bicyclic) bond motifs is 1. The molecule has 2 aromatic carbocycles. The minimum Gasteiger partial charge on any atom is -0.490 e. The summed E-state index contributed by atoms with van der Waals surface area (Å²) in [6, 6.07) is 13.8. The summed E-state index contributed by atoms with van der Waals surface area (Å²) in [5.74, 6) is -0.0553. The first-order chi connectivity index (χ1) is 16.3. The van der Waals surface area contributed by atoms with Crippen LogP contribution in [0.15, 0.2) is 59.6 Å². The number of hydrogen-bond donors (Lipinski definition) is 1. The van der Waals surface area contributed by atoms with Gasteiger partial charge >= 0.3 is 0 Å². The van der Waals surface area contributed by atoms with Crippen LogP contribution >= 0.6 is 0 Å². The number of aldehydes is 1. The van der Waals surface area contributed by atoms with Crippen LogP contribution in [0.3, 0.4) is 0 Å². The predicted molar refractivity (Wildman–Crippen MR) is 129 cm³/mol. The molecule has 1 heterocycles. The third-order valence-electron chi connectivity index (χ3n) is 6.38. The molecule has 4 rings (SSSR count).